The van der Waals surface area contributed by atoms with Gasteiger partial charge in [0.2, 0.25) is 5.95 Å². The van der Waals surface area contributed by atoms with Crippen LogP contribution in [0.15, 0.2) is 59.7 Å². The molecule has 3 heterocycles. The van der Waals surface area contributed by atoms with E-state index in [1.807, 2.05) is 6.07 Å². The molecule has 2 aliphatic heterocycles. The van der Waals surface area contributed by atoms with E-state index in [2.05, 4.69) is 4.98 Å². The average Bonchev–Trinajstić information content (AvgIpc) is 2.69. The maximum Gasteiger partial charge on any atom is 0.220 e. The number of hydrogen-bond donors (Lipinski definition) is 2. The van der Waals surface area contributed by atoms with Crippen molar-refractivity contribution >= 4 is 5.84 Å². The lowest BCUT2D eigenvalue weighted by molar-refractivity contribution is 0.109. The first kappa shape index (κ1) is 16.7. The van der Waals surface area contributed by atoms with Crippen molar-refractivity contribution in [2.24, 2.45) is 10.7 Å². The van der Waals surface area contributed by atoms with Gasteiger partial charge in [-0.2, -0.15) is 4.39 Å². The summed E-state index contributed by atoms with van der Waals surface area (Å²) < 4.78 is 26.0. The minimum absolute atomic E-state index is 0.0824. The molecule has 1 spiro atoms. The first-order valence-electron chi connectivity index (χ1n) is 8.75. The van der Waals surface area contributed by atoms with Crippen LogP contribution in [-0.2, 0) is 10.3 Å². The number of nitrogens with two attached hydrogens (primary N) is 1. The van der Waals surface area contributed by atoms with Gasteiger partial charge in [-0.05, 0) is 48.0 Å². The van der Waals surface area contributed by atoms with Gasteiger partial charge in [-0.1, -0.05) is 6.07 Å². The lowest BCUT2D eigenvalue weighted by atomic mass is 9.79. The van der Waals surface area contributed by atoms with E-state index in [-0.39, 0.29) is 19.0 Å². The first-order valence-corrected chi connectivity index (χ1v) is 8.75. The molecule has 0 fully saturated rings. The minimum Gasteiger partial charge on any atom is -0.508 e. The highest BCUT2D eigenvalue weighted by Gasteiger charge is 2.45. The Hall–Kier alpha value is -3.45. The predicted octanol–water partition coefficient (Wildman–Crippen LogP) is 3.33. The zero-order valence-electron chi connectivity index (χ0n) is 14.7. The van der Waals surface area contributed by atoms with Crippen molar-refractivity contribution in [2.45, 2.75) is 5.54 Å². The summed E-state index contributed by atoms with van der Waals surface area (Å²) in [5, 5.41) is 10.1. The number of amidine groups is 1. The Bertz CT molecular complexity index is 1130. The second-order valence-corrected chi connectivity index (χ2v) is 6.79. The number of phenols is 1. The van der Waals surface area contributed by atoms with E-state index in [9.17, 15) is 9.50 Å². The number of halogens is 1. The fraction of sp³-hybridized carbons (Fsp3) is 0.143. The number of aliphatic imine (C=N–C) groups is 1. The average molecular weight is 377 g/mol. The summed E-state index contributed by atoms with van der Waals surface area (Å²) in [5.41, 5.74) is 7.37. The van der Waals surface area contributed by atoms with E-state index < -0.39 is 11.5 Å². The van der Waals surface area contributed by atoms with Gasteiger partial charge in [0.05, 0.1) is 6.61 Å². The quantitative estimate of drug-likeness (QED) is 0.635. The maximum atomic E-state index is 14.2. The van der Waals surface area contributed by atoms with Crippen molar-refractivity contribution in [2.75, 3.05) is 13.2 Å². The van der Waals surface area contributed by atoms with Crippen molar-refractivity contribution in [3.63, 3.8) is 0 Å². The van der Waals surface area contributed by atoms with Gasteiger partial charge in [-0.25, -0.2) is 4.98 Å². The number of rotatable bonds is 1. The van der Waals surface area contributed by atoms with Gasteiger partial charge in [0.25, 0.3) is 0 Å². The number of phenolic OH excluding ortho intramolecular Hbond substituents is 1. The maximum absolute atomic E-state index is 14.2. The summed E-state index contributed by atoms with van der Waals surface area (Å²) in [4.78, 5) is 8.45. The van der Waals surface area contributed by atoms with Crippen LogP contribution in [0.4, 0.5) is 4.39 Å². The standard InChI is InChI=1S/C21H16FN3O3/c22-20-14(2-1-7-24-20)12-3-5-17-15(8-12)21(11-27-10-19(23)25-21)16-9-13(26)4-6-18(16)28-17/h1-9,26H,10-11H2,(H2,23,25)/t21-/m0/s1. The molecule has 0 amide bonds. The van der Waals surface area contributed by atoms with E-state index in [1.165, 1.54) is 6.20 Å². The molecular formula is C21H16FN3O3. The smallest absolute Gasteiger partial charge is 0.220 e. The Morgan fingerprint density at radius 3 is 2.64 bits per heavy atom. The van der Waals surface area contributed by atoms with Crippen LogP contribution in [-0.4, -0.2) is 29.1 Å². The van der Waals surface area contributed by atoms with Crippen LogP contribution >= 0.6 is 0 Å². The number of fused-ring (bicyclic) bond motifs is 4. The Kier molecular flexibility index (Phi) is 3.60. The van der Waals surface area contributed by atoms with E-state index >= 15 is 0 Å². The molecule has 5 rings (SSSR count). The fourth-order valence-electron chi connectivity index (χ4n) is 3.79. The molecular weight excluding hydrogens is 361 g/mol. The van der Waals surface area contributed by atoms with Crippen LogP contribution < -0.4 is 10.5 Å². The zero-order valence-corrected chi connectivity index (χ0v) is 14.7. The van der Waals surface area contributed by atoms with E-state index in [0.717, 1.165) is 0 Å². The van der Waals surface area contributed by atoms with Gasteiger partial charge >= 0.3 is 0 Å². The molecule has 2 aliphatic rings. The summed E-state index contributed by atoms with van der Waals surface area (Å²) in [5.74, 6) is 1.00. The van der Waals surface area contributed by atoms with Crippen molar-refractivity contribution < 1.29 is 19.0 Å². The fourth-order valence-corrected chi connectivity index (χ4v) is 3.79. The molecule has 0 saturated heterocycles. The zero-order chi connectivity index (χ0) is 19.3. The Balaban J connectivity index is 1.78. The third-order valence-corrected chi connectivity index (χ3v) is 5.02. The number of benzene rings is 2. The summed E-state index contributed by atoms with van der Waals surface area (Å²) in [6, 6.07) is 13.5. The van der Waals surface area contributed by atoms with Gasteiger partial charge in [0.15, 0.2) is 0 Å². The lowest BCUT2D eigenvalue weighted by Gasteiger charge is -2.39. The molecule has 0 aliphatic carbocycles. The van der Waals surface area contributed by atoms with Crippen molar-refractivity contribution in [1.82, 2.24) is 4.98 Å². The molecule has 140 valence electrons. The molecule has 7 heteroatoms. The topological polar surface area (TPSA) is 90.0 Å². The number of nitrogens with zero attached hydrogens (tertiary/aromatic N) is 2. The highest BCUT2D eigenvalue weighted by atomic mass is 19.1. The van der Waals surface area contributed by atoms with Gasteiger partial charge in [0, 0.05) is 22.9 Å². The normalized spacial score (nSPS) is 20.1. The van der Waals surface area contributed by atoms with Gasteiger partial charge in [0.1, 0.15) is 35.2 Å². The number of pyridine rings is 1. The van der Waals surface area contributed by atoms with E-state index in [4.69, 9.17) is 20.2 Å². The first-order chi connectivity index (χ1) is 13.6. The molecule has 2 aromatic carbocycles. The molecule has 1 atom stereocenters. The molecule has 0 radical (unpaired) electrons. The van der Waals surface area contributed by atoms with Gasteiger partial charge in [-0.15, -0.1) is 0 Å². The van der Waals surface area contributed by atoms with Crippen molar-refractivity contribution in [3.05, 3.63) is 71.8 Å². The van der Waals surface area contributed by atoms with Crippen LogP contribution in [0.2, 0.25) is 0 Å². The Morgan fingerprint density at radius 1 is 1.07 bits per heavy atom. The van der Waals surface area contributed by atoms with Crippen LogP contribution in [0.25, 0.3) is 11.1 Å². The van der Waals surface area contributed by atoms with Gasteiger partial charge < -0.3 is 20.3 Å². The Labute approximate surface area is 160 Å². The van der Waals surface area contributed by atoms with Crippen LogP contribution in [0, 0.1) is 5.95 Å². The second kappa shape index (κ2) is 6.03. The van der Waals surface area contributed by atoms with Crippen LogP contribution in [0.5, 0.6) is 17.2 Å². The third-order valence-electron chi connectivity index (χ3n) is 5.02. The van der Waals surface area contributed by atoms with E-state index in [1.54, 1.807) is 42.5 Å². The van der Waals surface area contributed by atoms with Crippen LogP contribution in [0.1, 0.15) is 11.1 Å². The largest absolute Gasteiger partial charge is 0.508 e. The SMILES string of the molecule is NC1=N[C@]2(COC1)c1cc(O)ccc1Oc1ccc(-c3cccnc3F)cc12. The number of ether oxygens (including phenoxy) is 2. The number of hydrogen-bond acceptors (Lipinski definition) is 6. The number of aromatic nitrogens is 1. The summed E-state index contributed by atoms with van der Waals surface area (Å²) in [6.45, 7) is 0.447. The van der Waals surface area contributed by atoms with Crippen molar-refractivity contribution in [1.29, 1.82) is 0 Å². The molecule has 1 aromatic heterocycles. The molecule has 3 N–H and O–H groups in total. The Morgan fingerprint density at radius 2 is 1.86 bits per heavy atom. The second-order valence-electron chi connectivity index (χ2n) is 6.79. The molecule has 28 heavy (non-hydrogen) atoms. The predicted molar refractivity (Wildman–Crippen MR) is 101 cm³/mol. The monoisotopic (exact) mass is 377 g/mol. The molecule has 0 saturated carbocycles. The molecule has 3 aromatic rings. The number of aromatic hydroxyl groups is 1. The van der Waals surface area contributed by atoms with Crippen molar-refractivity contribution in [3.8, 4) is 28.4 Å². The lowest BCUT2D eigenvalue weighted by Crippen LogP contribution is -2.42. The molecule has 0 bridgehead atoms. The van der Waals surface area contributed by atoms with Gasteiger partial charge in [-0.3, -0.25) is 4.99 Å². The third kappa shape index (κ3) is 2.44. The van der Waals surface area contributed by atoms with Crippen LogP contribution in [0.3, 0.4) is 0 Å². The highest BCUT2D eigenvalue weighted by molar-refractivity contribution is 5.84. The summed E-state index contributed by atoms with van der Waals surface area (Å²) >= 11 is 0. The highest BCUT2D eigenvalue weighted by Crippen LogP contribution is 2.51. The molecule has 0 unspecified atom stereocenters. The molecule has 6 nitrogen and oxygen atoms in total. The summed E-state index contributed by atoms with van der Waals surface area (Å²) in [7, 11) is 0. The summed E-state index contributed by atoms with van der Waals surface area (Å²) in [6.07, 6.45) is 1.40. The minimum atomic E-state index is -0.987. The van der Waals surface area contributed by atoms with E-state index in [0.29, 0.717) is 39.6 Å².